The van der Waals surface area contributed by atoms with Gasteiger partial charge >= 0.3 is 6.03 Å². The van der Waals surface area contributed by atoms with Crippen LogP contribution in [0.3, 0.4) is 0 Å². The van der Waals surface area contributed by atoms with Crippen molar-refractivity contribution in [1.29, 1.82) is 0 Å². The number of carbonyl (C=O) groups excluding carboxylic acids is 2. The minimum absolute atomic E-state index is 0.119. The molecular weight excluding hydrogens is 345 g/mol. The number of hydrogen-bond acceptors (Lipinski definition) is 2. The first-order valence-corrected chi connectivity index (χ1v) is 8.06. The molecule has 7 heteroatoms. The summed E-state index contributed by atoms with van der Waals surface area (Å²) >= 11 is 5.92. The van der Waals surface area contributed by atoms with E-state index < -0.39 is 6.03 Å². The highest BCUT2D eigenvalue weighted by Crippen LogP contribution is 2.12. The molecule has 2 aromatic carbocycles. The first-order valence-electron chi connectivity index (χ1n) is 7.68. The summed E-state index contributed by atoms with van der Waals surface area (Å²) in [6.07, 6.45) is 0. The predicted molar refractivity (Wildman–Crippen MR) is 94.6 cm³/mol. The van der Waals surface area contributed by atoms with Crippen molar-refractivity contribution in [3.63, 3.8) is 0 Å². The second kappa shape index (κ2) is 9.03. The van der Waals surface area contributed by atoms with E-state index in [4.69, 9.17) is 11.6 Å². The smallest absolute Gasteiger partial charge is 0.315 e. The van der Waals surface area contributed by atoms with Gasteiger partial charge in [-0.05, 0) is 35.4 Å². The van der Waals surface area contributed by atoms with E-state index >= 15 is 0 Å². The summed E-state index contributed by atoms with van der Waals surface area (Å²) in [5.74, 6) is -0.557. The van der Waals surface area contributed by atoms with E-state index in [1.807, 2.05) is 12.1 Å². The van der Waals surface area contributed by atoms with Crippen LogP contribution < -0.4 is 10.6 Å². The Kier molecular flexibility index (Phi) is 6.77. The number of carbonyl (C=O) groups is 2. The van der Waals surface area contributed by atoms with E-state index in [0.717, 1.165) is 11.1 Å². The third-order valence-corrected chi connectivity index (χ3v) is 3.74. The fourth-order valence-electron chi connectivity index (χ4n) is 2.14. The Morgan fingerprint density at radius 3 is 2.48 bits per heavy atom. The van der Waals surface area contributed by atoms with Crippen molar-refractivity contribution in [2.75, 3.05) is 13.6 Å². The number of urea groups is 1. The Morgan fingerprint density at radius 1 is 1.08 bits per heavy atom. The lowest BCUT2D eigenvalue weighted by molar-refractivity contribution is -0.129. The van der Waals surface area contributed by atoms with Gasteiger partial charge in [0.1, 0.15) is 5.82 Å². The van der Waals surface area contributed by atoms with Crippen LogP contribution in [0.2, 0.25) is 5.02 Å². The molecule has 3 amide bonds. The molecular formula is C18H19ClFN3O2. The minimum Gasteiger partial charge on any atom is -0.340 e. The molecule has 0 bridgehead atoms. The zero-order valence-corrected chi connectivity index (χ0v) is 14.5. The highest BCUT2D eigenvalue weighted by molar-refractivity contribution is 6.30. The molecule has 0 saturated carbocycles. The van der Waals surface area contributed by atoms with Crippen LogP contribution in [-0.4, -0.2) is 30.4 Å². The van der Waals surface area contributed by atoms with Gasteiger partial charge in [0.05, 0.1) is 6.54 Å². The maximum absolute atomic E-state index is 12.8. The van der Waals surface area contributed by atoms with Gasteiger partial charge in [-0.25, -0.2) is 9.18 Å². The van der Waals surface area contributed by atoms with E-state index in [1.165, 1.54) is 17.0 Å². The molecule has 132 valence electrons. The van der Waals surface area contributed by atoms with Crippen LogP contribution in [0.1, 0.15) is 11.1 Å². The lowest BCUT2D eigenvalue weighted by atomic mass is 10.2. The molecule has 0 fully saturated rings. The minimum atomic E-state index is -0.464. The third kappa shape index (κ3) is 6.43. The highest BCUT2D eigenvalue weighted by Gasteiger charge is 2.11. The molecule has 0 radical (unpaired) electrons. The molecule has 0 atom stereocenters. The molecule has 25 heavy (non-hydrogen) atoms. The van der Waals surface area contributed by atoms with Crippen LogP contribution in [0, 0.1) is 5.82 Å². The molecule has 0 unspecified atom stereocenters. The van der Waals surface area contributed by atoms with Gasteiger partial charge in [0, 0.05) is 25.2 Å². The molecule has 2 N–H and O–H groups in total. The largest absolute Gasteiger partial charge is 0.340 e. The highest BCUT2D eigenvalue weighted by atomic mass is 35.5. The van der Waals surface area contributed by atoms with E-state index in [2.05, 4.69) is 10.6 Å². The molecule has 0 aliphatic heterocycles. The summed E-state index contributed by atoms with van der Waals surface area (Å²) in [6, 6.07) is 12.6. The lowest BCUT2D eigenvalue weighted by Gasteiger charge is -2.18. The maximum Gasteiger partial charge on any atom is 0.315 e. The summed E-state index contributed by atoms with van der Waals surface area (Å²) in [6.45, 7) is 0.531. The number of amides is 3. The van der Waals surface area contributed by atoms with Crippen LogP contribution in [-0.2, 0) is 17.9 Å². The second-order valence-electron chi connectivity index (χ2n) is 5.54. The summed E-state index contributed by atoms with van der Waals surface area (Å²) in [7, 11) is 1.65. The lowest BCUT2D eigenvalue weighted by Crippen LogP contribution is -2.42. The topological polar surface area (TPSA) is 61.4 Å². The van der Waals surface area contributed by atoms with Crippen LogP contribution >= 0.6 is 11.6 Å². The van der Waals surface area contributed by atoms with E-state index in [0.29, 0.717) is 11.6 Å². The first-order chi connectivity index (χ1) is 11.9. The van der Waals surface area contributed by atoms with Crippen molar-refractivity contribution in [1.82, 2.24) is 15.5 Å². The number of nitrogens with zero attached hydrogens (tertiary/aromatic N) is 1. The quantitative estimate of drug-likeness (QED) is 0.829. The Balaban J connectivity index is 1.72. The van der Waals surface area contributed by atoms with Crippen molar-refractivity contribution in [2.45, 2.75) is 13.1 Å². The summed E-state index contributed by atoms with van der Waals surface area (Å²) in [5, 5.41) is 5.72. The van der Waals surface area contributed by atoms with Gasteiger partial charge in [0.25, 0.3) is 0 Å². The van der Waals surface area contributed by atoms with Gasteiger partial charge in [0.15, 0.2) is 0 Å². The van der Waals surface area contributed by atoms with E-state index in [1.54, 1.807) is 31.3 Å². The SMILES string of the molecule is CN(Cc1cccc(Cl)c1)C(=O)CNC(=O)NCc1ccc(F)cc1. The molecule has 5 nitrogen and oxygen atoms in total. The Bertz CT molecular complexity index is 737. The Morgan fingerprint density at radius 2 is 1.80 bits per heavy atom. The monoisotopic (exact) mass is 363 g/mol. The molecule has 0 heterocycles. The third-order valence-electron chi connectivity index (χ3n) is 3.50. The molecule has 2 rings (SSSR count). The van der Waals surface area contributed by atoms with Crippen LogP contribution in [0.15, 0.2) is 48.5 Å². The van der Waals surface area contributed by atoms with Crippen molar-refractivity contribution in [3.8, 4) is 0 Å². The maximum atomic E-state index is 12.8. The zero-order valence-electron chi connectivity index (χ0n) is 13.8. The average molecular weight is 364 g/mol. The van der Waals surface area contributed by atoms with Gasteiger partial charge in [-0.15, -0.1) is 0 Å². The Labute approximate surface area is 150 Å². The molecule has 2 aromatic rings. The fourth-order valence-corrected chi connectivity index (χ4v) is 2.35. The standard InChI is InChI=1S/C18H19ClFN3O2/c1-23(12-14-3-2-4-15(19)9-14)17(24)11-22-18(25)21-10-13-5-7-16(20)8-6-13/h2-9H,10-12H2,1H3,(H2,21,22,25). The normalized spacial score (nSPS) is 10.2. The van der Waals surface area contributed by atoms with Crippen LogP contribution in [0.25, 0.3) is 0 Å². The summed E-state index contributed by atoms with van der Waals surface area (Å²) < 4.78 is 12.8. The van der Waals surface area contributed by atoms with Gasteiger partial charge in [-0.2, -0.15) is 0 Å². The van der Waals surface area contributed by atoms with Gasteiger partial charge in [-0.3, -0.25) is 4.79 Å². The van der Waals surface area contributed by atoms with Crippen LogP contribution in [0.4, 0.5) is 9.18 Å². The van der Waals surface area contributed by atoms with Crippen molar-refractivity contribution in [3.05, 3.63) is 70.5 Å². The zero-order chi connectivity index (χ0) is 18.2. The summed E-state index contributed by atoms with van der Waals surface area (Å²) in [4.78, 5) is 25.3. The number of halogens is 2. The van der Waals surface area contributed by atoms with E-state index in [-0.39, 0.29) is 24.8 Å². The molecule has 0 spiro atoms. The molecule has 0 aromatic heterocycles. The average Bonchev–Trinajstić information content (AvgIpc) is 2.59. The number of nitrogens with one attached hydrogen (secondary N) is 2. The second-order valence-corrected chi connectivity index (χ2v) is 5.98. The Hall–Kier alpha value is -2.60. The van der Waals surface area contributed by atoms with Crippen molar-refractivity contribution < 1.29 is 14.0 Å². The fraction of sp³-hybridized carbons (Fsp3) is 0.222. The van der Waals surface area contributed by atoms with Crippen molar-refractivity contribution >= 4 is 23.5 Å². The summed E-state index contributed by atoms with van der Waals surface area (Å²) in [5.41, 5.74) is 1.67. The molecule has 0 aliphatic rings. The number of likely N-dealkylation sites (N-methyl/N-ethyl adjacent to an activating group) is 1. The van der Waals surface area contributed by atoms with E-state index in [9.17, 15) is 14.0 Å². The van der Waals surface area contributed by atoms with Crippen LogP contribution in [0.5, 0.6) is 0 Å². The van der Waals surface area contributed by atoms with Crippen molar-refractivity contribution in [2.24, 2.45) is 0 Å². The number of hydrogen-bond donors (Lipinski definition) is 2. The molecule has 0 aliphatic carbocycles. The number of rotatable bonds is 6. The van der Waals surface area contributed by atoms with Gasteiger partial charge < -0.3 is 15.5 Å². The van der Waals surface area contributed by atoms with Gasteiger partial charge in [0.2, 0.25) is 5.91 Å². The van der Waals surface area contributed by atoms with Gasteiger partial charge in [-0.1, -0.05) is 35.9 Å². The predicted octanol–water partition coefficient (Wildman–Crippen LogP) is 2.94. The number of benzene rings is 2. The molecule has 0 saturated heterocycles. The first kappa shape index (κ1) is 18.7.